The average molecular weight is 501 g/mol. The summed E-state index contributed by atoms with van der Waals surface area (Å²) in [6, 6.07) is 3.77. The van der Waals surface area contributed by atoms with Gasteiger partial charge in [0.25, 0.3) is 10.0 Å². The highest BCUT2D eigenvalue weighted by atomic mass is 32.2. The molecule has 0 bridgehead atoms. The van der Waals surface area contributed by atoms with E-state index < -0.39 is 21.8 Å². The molecule has 13 heteroatoms. The molecule has 3 heterocycles. The molecule has 1 aliphatic rings. The van der Waals surface area contributed by atoms with Gasteiger partial charge in [0.15, 0.2) is 4.21 Å². The second kappa shape index (κ2) is 9.12. The number of rotatable bonds is 6. The molecule has 1 aliphatic heterocycles. The number of hydrogen-bond acceptors (Lipinski definition) is 8. The van der Waals surface area contributed by atoms with Crippen molar-refractivity contribution in [2.75, 3.05) is 38.0 Å². The topological polar surface area (TPSA) is 91.3 Å². The lowest BCUT2D eigenvalue weighted by molar-refractivity contribution is -0.136. The third-order valence-electron chi connectivity index (χ3n) is 5.41. The molecular formula is C20H23F3N6O2S2. The second-order valence-electron chi connectivity index (χ2n) is 7.87. The molecule has 8 nitrogen and oxygen atoms in total. The lowest BCUT2D eigenvalue weighted by atomic mass is 10.1. The third kappa shape index (κ3) is 5.10. The molecular weight excluding hydrogens is 477 g/mol. The molecule has 33 heavy (non-hydrogen) atoms. The van der Waals surface area contributed by atoms with E-state index in [9.17, 15) is 21.6 Å². The molecule has 2 aromatic heterocycles. The zero-order chi connectivity index (χ0) is 23.8. The van der Waals surface area contributed by atoms with Crippen molar-refractivity contribution in [2.24, 2.45) is 0 Å². The highest BCUT2D eigenvalue weighted by molar-refractivity contribution is 7.91. The van der Waals surface area contributed by atoms with E-state index in [-0.39, 0.29) is 15.8 Å². The van der Waals surface area contributed by atoms with E-state index in [0.29, 0.717) is 48.9 Å². The van der Waals surface area contributed by atoms with Gasteiger partial charge >= 0.3 is 6.18 Å². The van der Waals surface area contributed by atoms with Crippen LogP contribution in [0.1, 0.15) is 17.5 Å². The number of anilines is 1. The Bertz CT molecular complexity index is 1240. The summed E-state index contributed by atoms with van der Waals surface area (Å²) >= 11 is 1.16. The van der Waals surface area contributed by atoms with Crippen LogP contribution in [-0.2, 0) is 16.2 Å². The van der Waals surface area contributed by atoms with Gasteiger partial charge in [0.2, 0.25) is 0 Å². The largest absolute Gasteiger partial charge is 0.418 e. The maximum absolute atomic E-state index is 13.3. The average Bonchev–Trinajstić information content (AvgIpc) is 3.20. The number of sulfonamides is 1. The fraction of sp³-hybridized carbons (Fsp3) is 0.450. The van der Waals surface area contributed by atoms with Crippen LogP contribution in [0.2, 0.25) is 0 Å². The number of thiazole rings is 1. The van der Waals surface area contributed by atoms with Gasteiger partial charge in [0.05, 0.1) is 22.3 Å². The molecule has 1 N–H and O–H groups in total. The smallest absolute Gasteiger partial charge is 0.366 e. The van der Waals surface area contributed by atoms with Gasteiger partial charge in [-0.2, -0.15) is 17.5 Å². The number of piperazine rings is 1. The fourth-order valence-corrected chi connectivity index (χ4v) is 6.52. The molecule has 1 aromatic carbocycles. The van der Waals surface area contributed by atoms with Crippen LogP contribution in [0.15, 0.2) is 34.9 Å². The highest BCUT2D eigenvalue weighted by Gasteiger charge is 2.34. The first-order valence-electron chi connectivity index (χ1n) is 10.3. The molecule has 0 unspecified atom stereocenters. The van der Waals surface area contributed by atoms with Crippen molar-refractivity contribution in [1.82, 2.24) is 24.2 Å². The van der Waals surface area contributed by atoms with Crippen LogP contribution in [0.3, 0.4) is 0 Å². The number of hydrogen-bond donors (Lipinski definition) is 1. The van der Waals surface area contributed by atoms with E-state index in [0.717, 1.165) is 23.7 Å². The van der Waals surface area contributed by atoms with Crippen molar-refractivity contribution in [1.29, 1.82) is 0 Å². The van der Waals surface area contributed by atoms with Gasteiger partial charge in [0, 0.05) is 44.2 Å². The van der Waals surface area contributed by atoms with Gasteiger partial charge < -0.3 is 5.32 Å². The number of aromatic nitrogens is 3. The molecule has 3 aromatic rings. The maximum Gasteiger partial charge on any atom is 0.418 e. The lowest BCUT2D eigenvalue weighted by Gasteiger charge is -2.35. The van der Waals surface area contributed by atoms with E-state index in [1.165, 1.54) is 16.6 Å². The molecule has 0 saturated carbocycles. The highest BCUT2D eigenvalue weighted by Crippen LogP contribution is 2.35. The Labute approximate surface area is 193 Å². The monoisotopic (exact) mass is 500 g/mol. The molecule has 0 amide bonds. The molecule has 0 radical (unpaired) electrons. The van der Waals surface area contributed by atoms with Gasteiger partial charge in [-0.15, -0.1) is 11.3 Å². The van der Waals surface area contributed by atoms with E-state index in [1.54, 1.807) is 13.0 Å². The summed E-state index contributed by atoms with van der Waals surface area (Å²) in [6.07, 6.45) is -1.99. The Balaban J connectivity index is 1.40. The summed E-state index contributed by atoms with van der Waals surface area (Å²) in [5, 5.41) is 4.18. The number of fused-ring (bicyclic) bond motifs is 1. The van der Waals surface area contributed by atoms with Crippen LogP contribution in [0, 0.1) is 6.92 Å². The van der Waals surface area contributed by atoms with Gasteiger partial charge in [-0.05, 0) is 26.0 Å². The van der Waals surface area contributed by atoms with Crippen molar-refractivity contribution >= 4 is 38.1 Å². The minimum atomic E-state index is -4.51. The number of nitrogens with zero attached hydrogens (tertiary/aromatic N) is 5. The summed E-state index contributed by atoms with van der Waals surface area (Å²) in [6.45, 7) is 6.07. The van der Waals surface area contributed by atoms with Crippen molar-refractivity contribution < 1.29 is 21.6 Å². The van der Waals surface area contributed by atoms with Crippen LogP contribution in [0.25, 0.3) is 10.9 Å². The molecule has 0 aliphatic carbocycles. The zero-order valence-corrected chi connectivity index (χ0v) is 19.6. The minimum absolute atomic E-state index is 0.134. The van der Waals surface area contributed by atoms with Crippen LogP contribution >= 0.6 is 11.3 Å². The van der Waals surface area contributed by atoms with E-state index in [2.05, 4.69) is 25.2 Å². The van der Waals surface area contributed by atoms with Gasteiger partial charge in [0.1, 0.15) is 12.1 Å². The van der Waals surface area contributed by atoms with Crippen molar-refractivity contribution in [3.05, 3.63) is 41.3 Å². The van der Waals surface area contributed by atoms with Crippen molar-refractivity contribution in [3.8, 4) is 0 Å². The number of para-hydroxylation sites is 1. The summed E-state index contributed by atoms with van der Waals surface area (Å²) in [5.41, 5.74) is -0.946. The standard InChI is InChI=1S/C20H23F3N6O2S2/c1-13(27-19-15-4-3-5-16(20(21,22)23)18(15)25-12-26-19)11-28-6-8-29(9-7-28)33(30,31)17-10-24-14(2)32-17/h3-5,10,12-13H,6-9,11H2,1-2H3,(H,25,26,27)/t13-/m0/s1. The first-order valence-corrected chi connectivity index (χ1v) is 12.5. The van der Waals surface area contributed by atoms with Crippen LogP contribution in [0.4, 0.5) is 19.0 Å². The number of aryl methyl sites for hydroxylation is 1. The SMILES string of the molecule is Cc1ncc(S(=O)(=O)N2CCN(C[C@H](C)Nc3ncnc4c(C(F)(F)F)cccc34)CC2)s1. The third-order valence-corrected chi connectivity index (χ3v) is 8.66. The molecule has 178 valence electrons. The van der Waals surface area contributed by atoms with E-state index >= 15 is 0 Å². The predicted octanol–water partition coefficient (Wildman–Crippen LogP) is 3.22. The van der Waals surface area contributed by atoms with Gasteiger partial charge in [-0.3, -0.25) is 4.90 Å². The van der Waals surface area contributed by atoms with Crippen LogP contribution in [0.5, 0.6) is 0 Å². The number of halogens is 3. The molecule has 4 rings (SSSR count). The summed E-state index contributed by atoms with van der Waals surface area (Å²) in [7, 11) is -3.54. The number of alkyl halides is 3. The Kier molecular flexibility index (Phi) is 6.58. The van der Waals surface area contributed by atoms with Crippen molar-refractivity contribution in [2.45, 2.75) is 30.3 Å². The molecule has 1 fully saturated rings. The summed E-state index contributed by atoms with van der Waals surface area (Å²) in [5.74, 6) is 0.334. The zero-order valence-electron chi connectivity index (χ0n) is 18.0. The Hall–Kier alpha value is -2.35. The molecule has 1 atom stereocenters. The fourth-order valence-electron chi connectivity index (χ4n) is 3.84. The number of benzene rings is 1. The maximum atomic E-state index is 13.3. The van der Waals surface area contributed by atoms with E-state index in [4.69, 9.17) is 0 Å². The number of nitrogens with one attached hydrogen (secondary N) is 1. The predicted molar refractivity (Wildman–Crippen MR) is 120 cm³/mol. The van der Waals surface area contributed by atoms with E-state index in [1.807, 2.05) is 6.92 Å². The Morgan fingerprint density at radius 1 is 1.15 bits per heavy atom. The van der Waals surface area contributed by atoms with Gasteiger partial charge in [-0.1, -0.05) is 6.07 Å². The summed E-state index contributed by atoms with van der Waals surface area (Å²) in [4.78, 5) is 14.1. The minimum Gasteiger partial charge on any atom is -0.366 e. The molecule has 1 saturated heterocycles. The van der Waals surface area contributed by atoms with Gasteiger partial charge in [-0.25, -0.2) is 23.4 Å². The Morgan fingerprint density at radius 3 is 2.52 bits per heavy atom. The molecule has 0 spiro atoms. The first kappa shape index (κ1) is 23.8. The quantitative estimate of drug-likeness (QED) is 0.556. The first-order chi connectivity index (χ1) is 15.6. The normalized spacial score (nSPS) is 17.4. The van der Waals surface area contributed by atoms with Crippen molar-refractivity contribution in [3.63, 3.8) is 0 Å². The van der Waals surface area contributed by atoms with Crippen LogP contribution in [-0.4, -0.2) is 71.3 Å². The van der Waals surface area contributed by atoms with Crippen LogP contribution < -0.4 is 5.32 Å². The lowest BCUT2D eigenvalue weighted by Crippen LogP contribution is -2.50. The summed E-state index contributed by atoms with van der Waals surface area (Å²) < 4.78 is 67.2. The Morgan fingerprint density at radius 2 is 1.88 bits per heavy atom. The second-order valence-corrected chi connectivity index (χ2v) is 11.3.